The summed E-state index contributed by atoms with van der Waals surface area (Å²) in [6.07, 6.45) is 0.0154. The highest BCUT2D eigenvalue weighted by atomic mass is 79.9. The quantitative estimate of drug-likeness (QED) is 0.860. The summed E-state index contributed by atoms with van der Waals surface area (Å²) in [5.74, 6) is -0.267. The number of carbonyl (C=O) groups is 1. The number of β-amino-alcohol motifs (C(OH)–C–C–N with tert-alkyl or cyclic N) is 1. The Bertz CT molecular complexity index is 409. The monoisotopic (exact) mass is 319 g/mol. The Labute approximate surface area is 112 Å². The third-order valence-corrected chi connectivity index (χ3v) is 4.45. The number of halogens is 1. The van der Waals surface area contributed by atoms with Gasteiger partial charge in [0.1, 0.15) is 6.04 Å². The number of esters is 1. The van der Waals surface area contributed by atoms with E-state index in [1.807, 2.05) is 17.0 Å². The van der Waals surface area contributed by atoms with Crippen LogP contribution in [0.4, 0.5) is 0 Å². The van der Waals surface area contributed by atoms with Crippen LogP contribution in [0, 0.1) is 0 Å². The molecule has 0 spiro atoms. The number of methoxy groups -OCH3 is 1. The number of hydrogen-bond acceptors (Lipinski definition) is 5. The first-order valence-corrected chi connectivity index (χ1v) is 6.95. The lowest BCUT2D eigenvalue weighted by Crippen LogP contribution is -2.36. The van der Waals surface area contributed by atoms with Crippen molar-refractivity contribution in [3.05, 3.63) is 20.8 Å². The number of rotatable bonds is 3. The van der Waals surface area contributed by atoms with Gasteiger partial charge in [0.25, 0.3) is 0 Å². The number of nitrogens with zero attached hydrogens (tertiary/aromatic N) is 1. The van der Waals surface area contributed by atoms with Gasteiger partial charge < -0.3 is 9.84 Å². The van der Waals surface area contributed by atoms with E-state index in [1.54, 1.807) is 11.3 Å². The maximum Gasteiger partial charge on any atom is 0.323 e. The van der Waals surface area contributed by atoms with Crippen LogP contribution in [0.5, 0.6) is 0 Å². The van der Waals surface area contributed by atoms with Gasteiger partial charge in [-0.15, -0.1) is 11.3 Å². The molecule has 2 atom stereocenters. The highest BCUT2D eigenvalue weighted by Crippen LogP contribution is 2.27. The van der Waals surface area contributed by atoms with Crippen molar-refractivity contribution in [2.75, 3.05) is 13.7 Å². The van der Waals surface area contributed by atoms with Crippen LogP contribution in [0.25, 0.3) is 0 Å². The lowest BCUT2D eigenvalue weighted by Gasteiger charge is -2.20. The second-order valence-electron chi connectivity index (χ2n) is 4.06. The van der Waals surface area contributed by atoms with Crippen LogP contribution in [-0.2, 0) is 16.1 Å². The van der Waals surface area contributed by atoms with E-state index < -0.39 is 6.10 Å². The van der Waals surface area contributed by atoms with Crippen LogP contribution >= 0.6 is 27.3 Å². The fourth-order valence-electron chi connectivity index (χ4n) is 2.07. The zero-order chi connectivity index (χ0) is 12.4. The zero-order valence-electron chi connectivity index (χ0n) is 9.43. The summed E-state index contributed by atoms with van der Waals surface area (Å²) in [7, 11) is 1.38. The molecule has 17 heavy (non-hydrogen) atoms. The Morgan fingerprint density at radius 3 is 3.06 bits per heavy atom. The third kappa shape index (κ3) is 3.07. The van der Waals surface area contributed by atoms with E-state index in [0.29, 0.717) is 19.5 Å². The van der Waals surface area contributed by atoms with Crippen molar-refractivity contribution >= 4 is 33.2 Å². The first-order chi connectivity index (χ1) is 8.10. The number of aliphatic hydroxyl groups excluding tert-OH is 1. The molecule has 94 valence electrons. The lowest BCUT2D eigenvalue weighted by molar-refractivity contribution is -0.146. The predicted octanol–water partition coefficient (Wildman–Crippen LogP) is 1.62. The molecule has 1 aromatic rings. The van der Waals surface area contributed by atoms with Crippen molar-refractivity contribution in [2.45, 2.75) is 25.1 Å². The standard InChI is InChI=1S/C11H14BrNO3S/c1-16-11(15)9-4-7(14)5-13(9)6-8-2-3-10(12)17-8/h2-3,7,9,14H,4-6H2,1H3/t7-,9-/m1/s1. The zero-order valence-corrected chi connectivity index (χ0v) is 11.8. The molecule has 1 aliphatic heterocycles. The fraction of sp³-hybridized carbons (Fsp3) is 0.545. The number of aliphatic hydroxyl groups is 1. The molecule has 1 aliphatic rings. The van der Waals surface area contributed by atoms with E-state index >= 15 is 0 Å². The molecule has 6 heteroatoms. The summed E-state index contributed by atoms with van der Waals surface area (Å²) in [6.45, 7) is 1.20. The Balaban J connectivity index is 2.05. The number of thiophene rings is 1. The molecule has 2 heterocycles. The van der Waals surface area contributed by atoms with Crippen LogP contribution in [0.3, 0.4) is 0 Å². The van der Waals surface area contributed by atoms with Crippen molar-refractivity contribution in [3.63, 3.8) is 0 Å². The molecule has 1 N–H and O–H groups in total. The molecule has 1 aromatic heterocycles. The molecule has 0 bridgehead atoms. The highest BCUT2D eigenvalue weighted by Gasteiger charge is 2.36. The van der Waals surface area contributed by atoms with Crippen LogP contribution in [0.2, 0.25) is 0 Å². The molecular formula is C11H14BrNO3S. The third-order valence-electron chi connectivity index (χ3n) is 2.84. The predicted molar refractivity (Wildman–Crippen MR) is 68.9 cm³/mol. The van der Waals surface area contributed by atoms with Gasteiger partial charge in [-0.2, -0.15) is 0 Å². The maximum absolute atomic E-state index is 11.6. The average Bonchev–Trinajstić information content (AvgIpc) is 2.85. The lowest BCUT2D eigenvalue weighted by atomic mass is 10.2. The van der Waals surface area contributed by atoms with Crippen molar-refractivity contribution in [1.82, 2.24) is 4.90 Å². The maximum atomic E-state index is 11.6. The minimum Gasteiger partial charge on any atom is -0.468 e. The van der Waals surface area contributed by atoms with Gasteiger partial charge in [0.05, 0.1) is 17.0 Å². The Morgan fingerprint density at radius 1 is 1.71 bits per heavy atom. The Kier molecular flexibility index (Phi) is 4.19. The number of hydrogen-bond donors (Lipinski definition) is 1. The van der Waals surface area contributed by atoms with Gasteiger partial charge in [0.15, 0.2) is 0 Å². The van der Waals surface area contributed by atoms with Crippen molar-refractivity contribution in [1.29, 1.82) is 0 Å². The molecule has 0 unspecified atom stereocenters. The summed E-state index contributed by atoms with van der Waals surface area (Å²) in [5, 5.41) is 9.64. The van der Waals surface area contributed by atoms with Crippen molar-refractivity contribution in [3.8, 4) is 0 Å². The smallest absolute Gasteiger partial charge is 0.323 e. The van der Waals surface area contributed by atoms with Gasteiger partial charge >= 0.3 is 5.97 Å². The second kappa shape index (κ2) is 5.48. The van der Waals surface area contributed by atoms with Gasteiger partial charge in [0.2, 0.25) is 0 Å². The van der Waals surface area contributed by atoms with Gasteiger partial charge in [-0.25, -0.2) is 0 Å². The summed E-state index contributed by atoms with van der Waals surface area (Å²) in [6, 6.07) is 3.68. The summed E-state index contributed by atoms with van der Waals surface area (Å²) in [5.41, 5.74) is 0. The van der Waals surface area contributed by atoms with E-state index in [-0.39, 0.29) is 12.0 Å². The summed E-state index contributed by atoms with van der Waals surface area (Å²) in [4.78, 5) is 14.7. The van der Waals surface area contributed by atoms with E-state index in [9.17, 15) is 9.90 Å². The van der Waals surface area contributed by atoms with E-state index in [2.05, 4.69) is 15.9 Å². The van der Waals surface area contributed by atoms with Crippen LogP contribution in [0.1, 0.15) is 11.3 Å². The molecule has 0 aromatic carbocycles. The molecule has 0 aliphatic carbocycles. The van der Waals surface area contributed by atoms with Gasteiger partial charge in [-0.1, -0.05) is 0 Å². The van der Waals surface area contributed by atoms with Crippen LogP contribution in [0.15, 0.2) is 15.9 Å². The molecular weight excluding hydrogens is 306 g/mol. The van der Waals surface area contributed by atoms with E-state index in [0.717, 1.165) is 3.79 Å². The van der Waals surface area contributed by atoms with Crippen molar-refractivity contribution in [2.24, 2.45) is 0 Å². The first-order valence-electron chi connectivity index (χ1n) is 5.34. The molecule has 4 nitrogen and oxygen atoms in total. The molecule has 0 radical (unpaired) electrons. The van der Waals surface area contributed by atoms with Crippen LogP contribution < -0.4 is 0 Å². The number of ether oxygens (including phenoxy) is 1. The van der Waals surface area contributed by atoms with E-state index in [4.69, 9.17) is 4.74 Å². The van der Waals surface area contributed by atoms with Crippen LogP contribution in [-0.4, -0.2) is 41.8 Å². The van der Waals surface area contributed by atoms with Gasteiger partial charge in [-0.3, -0.25) is 9.69 Å². The number of likely N-dealkylation sites (tertiary alicyclic amines) is 1. The first kappa shape index (κ1) is 13.0. The highest BCUT2D eigenvalue weighted by molar-refractivity contribution is 9.11. The number of carbonyl (C=O) groups excluding carboxylic acids is 1. The second-order valence-corrected chi connectivity index (χ2v) is 6.61. The Hall–Kier alpha value is -0.430. The molecule has 1 fully saturated rings. The van der Waals surface area contributed by atoms with Crippen molar-refractivity contribution < 1.29 is 14.6 Å². The topological polar surface area (TPSA) is 49.8 Å². The van der Waals surface area contributed by atoms with E-state index in [1.165, 1.54) is 12.0 Å². The minimum atomic E-state index is -0.442. The molecule has 0 amide bonds. The minimum absolute atomic E-state index is 0.267. The fourth-order valence-corrected chi connectivity index (χ4v) is 3.58. The SMILES string of the molecule is COC(=O)[C@H]1C[C@@H](O)CN1Cc1ccc(Br)s1. The summed E-state index contributed by atoms with van der Waals surface area (Å²) >= 11 is 5.05. The molecule has 0 saturated carbocycles. The Morgan fingerprint density at radius 2 is 2.47 bits per heavy atom. The molecule has 1 saturated heterocycles. The van der Waals surface area contributed by atoms with Gasteiger partial charge in [0, 0.05) is 24.4 Å². The normalized spacial score (nSPS) is 25.1. The van der Waals surface area contributed by atoms with Gasteiger partial charge in [-0.05, 0) is 28.1 Å². The largest absolute Gasteiger partial charge is 0.468 e. The molecule has 2 rings (SSSR count). The average molecular weight is 320 g/mol. The summed E-state index contributed by atoms with van der Waals surface area (Å²) < 4.78 is 5.83.